The van der Waals surface area contributed by atoms with Gasteiger partial charge in [-0.3, -0.25) is 9.98 Å². The zero-order valence-electron chi connectivity index (χ0n) is 11.3. The van der Waals surface area contributed by atoms with E-state index in [1.165, 1.54) is 12.3 Å². The van der Waals surface area contributed by atoms with Crippen LogP contribution < -0.4 is 0 Å². The van der Waals surface area contributed by atoms with E-state index in [0.29, 0.717) is 11.1 Å². The third kappa shape index (κ3) is 3.85. The van der Waals surface area contributed by atoms with Crippen molar-refractivity contribution >= 4 is 18.0 Å². The molecule has 0 aliphatic heterocycles. The lowest BCUT2D eigenvalue weighted by molar-refractivity contribution is 0.623. The summed E-state index contributed by atoms with van der Waals surface area (Å²) in [6, 6.07) is 6.74. The number of aryl methyl sites for hydroxylation is 1. The van der Waals surface area contributed by atoms with Crippen LogP contribution in [0, 0.1) is 24.1 Å². The second-order valence-corrected chi connectivity index (χ2v) is 4.39. The zero-order chi connectivity index (χ0) is 14.4. The van der Waals surface area contributed by atoms with E-state index in [9.17, 15) is 9.65 Å². The van der Waals surface area contributed by atoms with E-state index in [1.807, 2.05) is 19.9 Å². The summed E-state index contributed by atoms with van der Waals surface area (Å²) in [7, 11) is 0. The van der Waals surface area contributed by atoms with Crippen molar-refractivity contribution < 1.29 is 4.39 Å². The molecule has 0 spiro atoms. The van der Waals surface area contributed by atoms with Crippen molar-refractivity contribution in [3.05, 3.63) is 41.3 Å². The molecule has 4 heteroatoms. The monoisotopic (exact) mass is 257 g/mol. The molecular formula is C15H16FN3. The molecule has 1 aromatic carbocycles. The molecule has 98 valence electrons. The average Bonchev–Trinajstić information content (AvgIpc) is 2.34. The maximum absolute atomic E-state index is 14.0. The molecule has 0 unspecified atom stereocenters. The fourth-order valence-electron chi connectivity index (χ4n) is 1.60. The topological polar surface area (TPSA) is 48.5 Å². The van der Waals surface area contributed by atoms with E-state index in [4.69, 9.17) is 0 Å². The smallest absolute Gasteiger partial charge is 0.144 e. The first-order valence-electron chi connectivity index (χ1n) is 5.90. The summed E-state index contributed by atoms with van der Waals surface area (Å²) in [5.74, 6) is -0.401. The summed E-state index contributed by atoms with van der Waals surface area (Å²) in [6.07, 6.45) is 1.36. The van der Waals surface area contributed by atoms with Crippen LogP contribution in [0.25, 0.3) is 5.57 Å². The predicted octanol–water partition coefficient (Wildman–Crippen LogP) is 3.55. The number of hydrogen-bond acceptors (Lipinski definition) is 3. The molecule has 0 N–H and O–H groups in total. The lowest BCUT2D eigenvalue weighted by Crippen LogP contribution is -2.05. The maximum atomic E-state index is 14.0. The highest BCUT2D eigenvalue weighted by Crippen LogP contribution is 2.21. The second kappa shape index (κ2) is 6.60. The van der Waals surface area contributed by atoms with Crippen LogP contribution in [0.4, 0.5) is 4.39 Å². The molecular weight excluding hydrogens is 241 g/mol. The minimum atomic E-state index is -0.401. The Labute approximate surface area is 112 Å². The van der Waals surface area contributed by atoms with Crippen molar-refractivity contribution in [2.75, 3.05) is 0 Å². The van der Waals surface area contributed by atoms with Crippen LogP contribution in [0.3, 0.4) is 0 Å². The molecule has 0 saturated heterocycles. The third-order valence-corrected chi connectivity index (χ3v) is 2.38. The molecule has 0 amide bonds. The lowest BCUT2D eigenvalue weighted by Gasteiger charge is -2.08. The molecule has 0 bridgehead atoms. The summed E-state index contributed by atoms with van der Waals surface area (Å²) in [5.41, 5.74) is 1.62. The molecule has 0 aliphatic carbocycles. The number of hydrogen-bond donors (Lipinski definition) is 0. The summed E-state index contributed by atoms with van der Waals surface area (Å²) < 4.78 is 14.0. The van der Waals surface area contributed by atoms with Crippen LogP contribution in [-0.4, -0.2) is 18.5 Å². The lowest BCUT2D eigenvalue weighted by atomic mass is 10.0. The molecule has 0 atom stereocenters. The van der Waals surface area contributed by atoms with E-state index < -0.39 is 5.82 Å². The van der Waals surface area contributed by atoms with Crippen LogP contribution in [0.5, 0.6) is 0 Å². The first kappa shape index (κ1) is 14.8. The van der Waals surface area contributed by atoms with Gasteiger partial charge in [0.15, 0.2) is 0 Å². The number of benzene rings is 1. The first-order valence-corrected chi connectivity index (χ1v) is 5.90. The van der Waals surface area contributed by atoms with Gasteiger partial charge in [-0.15, -0.1) is 0 Å². The van der Waals surface area contributed by atoms with Crippen LogP contribution in [0.2, 0.25) is 0 Å². The zero-order valence-corrected chi connectivity index (χ0v) is 11.3. The number of allylic oxidation sites excluding steroid dienone is 1. The second-order valence-electron chi connectivity index (χ2n) is 4.39. The van der Waals surface area contributed by atoms with Crippen LogP contribution in [0.15, 0.2) is 34.4 Å². The third-order valence-electron chi connectivity index (χ3n) is 2.38. The van der Waals surface area contributed by atoms with Crippen molar-refractivity contribution in [2.24, 2.45) is 9.98 Å². The Morgan fingerprint density at radius 1 is 1.47 bits per heavy atom. The summed E-state index contributed by atoms with van der Waals surface area (Å²) in [6.45, 7) is 8.85. The molecule has 0 radical (unpaired) electrons. The van der Waals surface area contributed by atoms with E-state index >= 15 is 0 Å². The van der Waals surface area contributed by atoms with Gasteiger partial charge in [0.1, 0.15) is 17.6 Å². The van der Waals surface area contributed by atoms with E-state index in [0.717, 1.165) is 5.56 Å². The number of nitriles is 1. The molecule has 3 nitrogen and oxygen atoms in total. The fraction of sp³-hybridized carbons (Fsp3) is 0.267. The molecule has 0 fully saturated rings. The van der Waals surface area contributed by atoms with Gasteiger partial charge < -0.3 is 0 Å². The molecule has 0 heterocycles. The molecule has 0 aromatic heterocycles. The number of nitrogens with zero attached hydrogens (tertiary/aromatic N) is 3. The SMILES string of the molecule is C=N/C=C(\C(C#N)=NC(C)C)c1ccc(C)cc1F. The highest BCUT2D eigenvalue weighted by atomic mass is 19.1. The molecule has 19 heavy (non-hydrogen) atoms. The van der Waals surface area contributed by atoms with Crippen molar-refractivity contribution in [3.8, 4) is 6.07 Å². The van der Waals surface area contributed by atoms with Gasteiger partial charge in [0.2, 0.25) is 0 Å². The predicted molar refractivity (Wildman–Crippen MR) is 76.8 cm³/mol. The Kier molecular flexibility index (Phi) is 5.13. The molecule has 1 aromatic rings. The first-order chi connectivity index (χ1) is 8.99. The number of rotatable bonds is 4. The molecule has 1 rings (SSSR count). The van der Waals surface area contributed by atoms with Crippen molar-refractivity contribution in [1.29, 1.82) is 5.26 Å². The van der Waals surface area contributed by atoms with Gasteiger partial charge in [0.25, 0.3) is 0 Å². The average molecular weight is 257 g/mol. The Bertz CT molecular complexity index is 578. The standard InChI is InChI=1S/C15H16FN3/c1-10(2)19-15(8-17)13(9-18-4)12-6-5-11(3)7-14(12)16/h5-7,9-10H,4H2,1-3H3/b13-9-,19-15?. The van der Waals surface area contributed by atoms with E-state index in [2.05, 4.69) is 16.7 Å². The maximum Gasteiger partial charge on any atom is 0.144 e. The van der Waals surface area contributed by atoms with Crippen molar-refractivity contribution in [2.45, 2.75) is 26.8 Å². The van der Waals surface area contributed by atoms with Crippen LogP contribution >= 0.6 is 0 Å². The van der Waals surface area contributed by atoms with Gasteiger partial charge in [-0.05, 0) is 39.1 Å². The van der Waals surface area contributed by atoms with Gasteiger partial charge in [-0.2, -0.15) is 5.26 Å². The minimum Gasteiger partial charge on any atom is -0.272 e. The van der Waals surface area contributed by atoms with E-state index in [1.54, 1.807) is 19.1 Å². The highest BCUT2D eigenvalue weighted by Gasteiger charge is 2.14. The Morgan fingerprint density at radius 2 is 2.16 bits per heavy atom. The summed E-state index contributed by atoms with van der Waals surface area (Å²) in [5, 5.41) is 9.17. The molecule has 0 aliphatic rings. The van der Waals surface area contributed by atoms with Gasteiger partial charge in [0.05, 0.1) is 0 Å². The van der Waals surface area contributed by atoms with Gasteiger partial charge in [0, 0.05) is 23.4 Å². The van der Waals surface area contributed by atoms with Crippen LogP contribution in [-0.2, 0) is 0 Å². The highest BCUT2D eigenvalue weighted by molar-refractivity contribution is 6.31. The minimum absolute atomic E-state index is 0.0589. The van der Waals surface area contributed by atoms with Crippen molar-refractivity contribution in [1.82, 2.24) is 0 Å². The van der Waals surface area contributed by atoms with Crippen LogP contribution in [0.1, 0.15) is 25.0 Å². The Morgan fingerprint density at radius 3 is 2.63 bits per heavy atom. The van der Waals surface area contributed by atoms with E-state index in [-0.39, 0.29) is 11.8 Å². The number of halogens is 1. The quantitative estimate of drug-likeness (QED) is 0.761. The van der Waals surface area contributed by atoms with Gasteiger partial charge in [-0.25, -0.2) is 4.39 Å². The Balaban J connectivity index is 3.41. The molecule has 0 saturated carbocycles. The normalized spacial score (nSPS) is 12.4. The largest absolute Gasteiger partial charge is 0.272 e. The Hall–Kier alpha value is -2.28. The van der Waals surface area contributed by atoms with Gasteiger partial charge >= 0.3 is 0 Å². The van der Waals surface area contributed by atoms with Gasteiger partial charge in [-0.1, -0.05) is 12.1 Å². The number of aliphatic imine (C=N–C) groups is 2. The van der Waals surface area contributed by atoms with Crippen molar-refractivity contribution in [3.63, 3.8) is 0 Å². The summed E-state index contributed by atoms with van der Waals surface area (Å²) in [4.78, 5) is 7.83. The summed E-state index contributed by atoms with van der Waals surface area (Å²) >= 11 is 0. The fourth-order valence-corrected chi connectivity index (χ4v) is 1.60.